The molecule has 3 heteroatoms. The third-order valence-electron chi connectivity index (χ3n) is 4.05. The van der Waals surface area contributed by atoms with Gasteiger partial charge in [-0.1, -0.05) is 66.7 Å². The molecular weight excluding hydrogens is 322 g/mol. The van der Waals surface area contributed by atoms with E-state index in [9.17, 15) is 4.79 Å². The Bertz CT molecular complexity index is 816. The van der Waals surface area contributed by atoms with E-state index in [2.05, 4.69) is 29.6 Å². The number of hydrogen-bond acceptors (Lipinski definition) is 2. The summed E-state index contributed by atoms with van der Waals surface area (Å²) in [5.74, 6) is 0.744. The Hall–Kier alpha value is -3.07. The second-order valence-electron chi connectivity index (χ2n) is 6.18. The van der Waals surface area contributed by atoms with Gasteiger partial charge in [0.25, 0.3) is 0 Å². The van der Waals surface area contributed by atoms with Crippen molar-refractivity contribution in [2.45, 2.75) is 19.3 Å². The van der Waals surface area contributed by atoms with Crippen LogP contribution in [0.2, 0.25) is 0 Å². The summed E-state index contributed by atoms with van der Waals surface area (Å²) in [6.45, 7) is 0.649. The van der Waals surface area contributed by atoms with Crippen LogP contribution in [0, 0.1) is 0 Å². The number of amides is 1. The van der Waals surface area contributed by atoms with Crippen molar-refractivity contribution < 1.29 is 9.53 Å². The standard InChI is InChI=1S/C23H23NO2/c25-23(17-20-11-5-2-6-12-20)24-21-14-7-15-22(18-21)26-16-8-13-19-9-3-1-4-10-19/h1-7,9-12,14-15,18H,8,13,16-17H2,(H,24,25). The van der Waals surface area contributed by atoms with Crippen LogP contribution in [0.4, 0.5) is 5.69 Å². The molecule has 0 atom stereocenters. The summed E-state index contributed by atoms with van der Waals surface area (Å²) in [6.07, 6.45) is 2.31. The summed E-state index contributed by atoms with van der Waals surface area (Å²) >= 11 is 0. The van der Waals surface area contributed by atoms with Crippen LogP contribution in [-0.2, 0) is 17.6 Å². The number of nitrogens with one attached hydrogen (secondary N) is 1. The maximum atomic E-state index is 12.2. The van der Waals surface area contributed by atoms with E-state index in [1.807, 2.05) is 60.7 Å². The maximum absolute atomic E-state index is 12.2. The van der Waals surface area contributed by atoms with E-state index < -0.39 is 0 Å². The van der Waals surface area contributed by atoms with Crippen LogP contribution < -0.4 is 10.1 Å². The van der Waals surface area contributed by atoms with Crippen molar-refractivity contribution in [1.29, 1.82) is 0 Å². The van der Waals surface area contributed by atoms with Gasteiger partial charge in [0.2, 0.25) is 5.91 Å². The van der Waals surface area contributed by atoms with Crippen molar-refractivity contribution >= 4 is 11.6 Å². The number of ether oxygens (including phenoxy) is 1. The average Bonchev–Trinajstić information content (AvgIpc) is 2.67. The summed E-state index contributed by atoms with van der Waals surface area (Å²) in [5.41, 5.74) is 3.07. The molecule has 132 valence electrons. The number of hydrogen-bond donors (Lipinski definition) is 1. The van der Waals surface area contributed by atoms with Crippen LogP contribution in [0.25, 0.3) is 0 Å². The summed E-state index contributed by atoms with van der Waals surface area (Å²) in [4.78, 5) is 12.2. The predicted molar refractivity (Wildman–Crippen MR) is 105 cm³/mol. The summed E-state index contributed by atoms with van der Waals surface area (Å²) in [6, 6.07) is 27.7. The number of rotatable bonds is 8. The van der Waals surface area contributed by atoms with E-state index in [0.29, 0.717) is 13.0 Å². The van der Waals surface area contributed by atoms with Gasteiger partial charge >= 0.3 is 0 Å². The van der Waals surface area contributed by atoms with Crippen LogP contribution in [0.15, 0.2) is 84.9 Å². The third kappa shape index (κ3) is 5.78. The third-order valence-corrected chi connectivity index (χ3v) is 4.05. The highest BCUT2D eigenvalue weighted by Crippen LogP contribution is 2.18. The minimum atomic E-state index is -0.0302. The van der Waals surface area contributed by atoms with Crippen molar-refractivity contribution in [3.8, 4) is 5.75 Å². The smallest absolute Gasteiger partial charge is 0.228 e. The molecule has 26 heavy (non-hydrogen) atoms. The van der Waals surface area contributed by atoms with E-state index in [1.165, 1.54) is 5.56 Å². The van der Waals surface area contributed by atoms with Gasteiger partial charge in [-0.25, -0.2) is 0 Å². The van der Waals surface area contributed by atoms with Gasteiger partial charge in [0.05, 0.1) is 13.0 Å². The number of anilines is 1. The lowest BCUT2D eigenvalue weighted by atomic mass is 10.1. The first-order valence-corrected chi connectivity index (χ1v) is 8.90. The first-order chi connectivity index (χ1) is 12.8. The van der Waals surface area contributed by atoms with Gasteiger partial charge in [0, 0.05) is 11.8 Å². The highest BCUT2D eigenvalue weighted by Gasteiger charge is 2.05. The summed E-state index contributed by atoms with van der Waals surface area (Å²) < 4.78 is 5.82. The van der Waals surface area contributed by atoms with E-state index >= 15 is 0 Å². The molecule has 0 radical (unpaired) electrons. The summed E-state index contributed by atoms with van der Waals surface area (Å²) in [7, 11) is 0. The Morgan fingerprint density at radius 1 is 0.808 bits per heavy atom. The molecule has 0 saturated carbocycles. The number of aryl methyl sites for hydroxylation is 1. The van der Waals surface area contributed by atoms with E-state index in [-0.39, 0.29) is 5.91 Å². The van der Waals surface area contributed by atoms with E-state index in [0.717, 1.165) is 29.8 Å². The van der Waals surface area contributed by atoms with Gasteiger partial charge in [-0.15, -0.1) is 0 Å². The molecule has 0 aliphatic carbocycles. The quantitative estimate of drug-likeness (QED) is 0.591. The van der Waals surface area contributed by atoms with Crippen molar-refractivity contribution in [3.63, 3.8) is 0 Å². The Morgan fingerprint density at radius 3 is 2.23 bits per heavy atom. The molecule has 0 saturated heterocycles. The van der Waals surface area contributed by atoms with Gasteiger partial charge in [0.15, 0.2) is 0 Å². The highest BCUT2D eigenvalue weighted by atomic mass is 16.5. The molecule has 0 bridgehead atoms. The number of benzene rings is 3. The Morgan fingerprint density at radius 2 is 1.50 bits per heavy atom. The Balaban J connectivity index is 1.46. The van der Waals surface area contributed by atoms with E-state index in [4.69, 9.17) is 4.74 Å². The molecule has 1 amide bonds. The van der Waals surface area contributed by atoms with Crippen molar-refractivity contribution in [3.05, 3.63) is 96.1 Å². The largest absolute Gasteiger partial charge is 0.494 e. The summed E-state index contributed by atoms with van der Waals surface area (Å²) in [5, 5.41) is 2.93. The number of carbonyl (C=O) groups is 1. The molecule has 0 aromatic heterocycles. The van der Waals surface area contributed by atoms with E-state index in [1.54, 1.807) is 0 Å². The fraction of sp³-hybridized carbons (Fsp3) is 0.174. The highest BCUT2D eigenvalue weighted by molar-refractivity contribution is 5.92. The molecule has 0 unspecified atom stereocenters. The zero-order valence-electron chi connectivity index (χ0n) is 14.7. The molecule has 3 nitrogen and oxygen atoms in total. The molecule has 0 aliphatic heterocycles. The van der Waals surface area contributed by atoms with Crippen molar-refractivity contribution in [1.82, 2.24) is 0 Å². The average molecular weight is 345 g/mol. The lowest BCUT2D eigenvalue weighted by Gasteiger charge is -2.09. The van der Waals surface area contributed by atoms with Gasteiger partial charge in [-0.2, -0.15) is 0 Å². The van der Waals surface area contributed by atoms with Gasteiger partial charge in [-0.3, -0.25) is 4.79 Å². The Kier molecular flexibility index (Phi) is 6.43. The molecule has 3 aromatic carbocycles. The van der Waals surface area contributed by atoms with Gasteiger partial charge in [-0.05, 0) is 36.1 Å². The van der Waals surface area contributed by atoms with Crippen LogP contribution in [0.1, 0.15) is 17.5 Å². The van der Waals surface area contributed by atoms with Crippen LogP contribution in [0.5, 0.6) is 5.75 Å². The van der Waals surface area contributed by atoms with Crippen LogP contribution in [0.3, 0.4) is 0 Å². The first kappa shape index (κ1) is 17.7. The fourth-order valence-electron chi connectivity index (χ4n) is 2.76. The lowest BCUT2D eigenvalue weighted by Crippen LogP contribution is -2.14. The SMILES string of the molecule is O=C(Cc1ccccc1)Nc1cccc(OCCCc2ccccc2)c1. The molecule has 0 aliphatic rings. The molecule has 1 N–H and O–H groups in total. The lowest BCUT2D eigenvalue weighted by molar-refractivity contribution is -0.115. The maximum Gasteiger partial charge on any atom is 0.228 e. The zero-order valence-corrected chi connectivity index (χ0v) is 14.7. The molecule has 0 spiro atoms. The molecule has 3 aromatic rings. The first-order valence-electron chi connectivity index (χ1n) is 8.90. The monoisotopic (exact) mass is 345 g/mol. The minimum Gasteiger partial charge on any atom is -0.494 e. The molecule has 0 fully saturated rings. The molecular formula is C23H23NO2. The molecule has 0 heterocycles. The van der Waals surface area contributed by atoms with Crippen LogP contribution in [-0.4, -0.2) is 12.5 Å². The Labute approximate surface area is 154 Å². The molecule has 3 rings (SSSR count). The second kappa shape index (κ2) is 9.42. The topological polar surface area (TPSA) is 38.3 Å². The number of carbonyl (C=O) groups excluding carboxylic acids is 1. The zero-order chi connectivity index (χ0) is 18.0. The van der Waals surface area contributed by atoms with Crippen LogP contribution >= 0.6 is 0 Å². The minimum absolute atomic E-state index is 0.0302. The second-order valence-corrected chi connectivity index (χ2v) is 6.18. The normalized spacial score (nSPS) is 10.3. The fourth-order valence-corrected chi connectivity index (χ4v) is 2.76. The van der Waals surface area contributed by atoms with Crippen molar-refractivity contribution in [2.24, 2.45) is 0 Å². The van der Waals surface area contributed by atoms with Gasteiger partial charge < -0.3 is 10.1 Å². The van der Waals surface area contributed by atoms with Crippen molar-refractivity contribution in [2.75, 3.05) is 11.9 Å². The van der Waals surface area contributed by atoms with Gasteiger partial charge in [0.1, 0.15) is 5.75 Å². The predicted octanol–water partition coefficient (Wildman–Crippen LogP) is 4.88.